The van der Waals surface area contributed by atoms with Gasteiger partial charge in [-0.1, -0.05) is 26.0 Å². The maximum absolute atomic E-state index is 12.4. The van der Waals surface area contributed by atoms with Gasteiger partial charge in [0.1, 0.15) is 5.75 Å². The third-order valence-corrected chi connectivity index (χ3v) is 3.76. The monoisotopic (exact) mass is 267 g/mol. The molecule has 0 atom stereocenters. The van der Waals surface area contributed by atoms with Crippen molar-refractivity contribution >= 4 is 11.6 Å². The van der Waals surface area contributed by atoms with Crippen LogP contribution in [0.25, 0.3) is 0 Å². The fourth-order valence-corrected chi connectivity index (χ4v) is 2.55. The number of hydrogen-bond acceptors (Lipinski definition) is 2. The second kappa shape index (κ2) is 4.67. The number of carbonyl (C=O) groups is 1. The molecule has 2 aromatic rings. The Morgan fingerprint density at radius 1 is 1.10 bits per heavy atom. The van der Waals surface area contributed by atoms with Crippen LogP contribution in [0, 0.1) is 0 Å². The van der Waals surface area contributed by atoms with Crippen LogP contribution in [0.3, 0.4) is 0 Å². The van der Waals surface area contributed by atoms with Crippen molar-refractivity contribution in [3.8, 4) is 5.75 Å². The summed E-state index contributed by atoms with van der Waals surface area (Å²) in [5.41, 5.74) is 3.71. The number of fused-ring (bicyclic) bond motifs is 1. The van der Waals surface area contributed by atoms with Crippen LogP contribution in [0.1, 0.15) is 41.3 Å². The molecule has 1 aliphatic rings. The Kier molecular flexibility index (Phi) is 2.97. The van der Waals surface area contributed by atoms with Crippen molar-refractivity contribution in [1.82, 2.24) is 0 Å². The average molecular weight is 267 g/mol. The summed E-state index contributed by atoms with van der Waals surface area (Å²) in [4.78, 5) is 14.1. The fourth-order valence-electron chi connectivity index (χ4n) is 2.55. The van der Waals surface area contributed by atoms with Crippen molar-refractivity contribution in [2.24, 2.45) is 0 Å². The molecule has 0 spiro atoms. The van der Waals surface area contributed by atoms with Gasteiger partial charge in [-0.05, 0) is 47.4 Å². The lowest BCUT2D eigenvalue weighted by molar-refractivity contribution is 0.0996. The zero-order chi connectivity index (χ0) is 14.3. The number of carbonyl (C=O) groups excluding carboxylic acids is 1. The van der Waals surface area contributed by atoms with E-state index in [1.807, 2.05) is 12.1 Å². The van der Waals surface area contributed by atoms with Crippen molar-refractivity contribution in [3.05, 3.63) is 59.2 Å². The maximum Gasteiger partial charge on any atom is 0.258 e. The Labute approximate surface area is 118 Å². The van der Waals surface area contributed by atoms with Gasteiger partial charge in [-0.2, -0.15) is 0 Å². The van der Waals surface area contributed by atoms with E-state index >= 15 is 0 Å². The predicted octanol–water partition coefficient (Wildman–Crippen LogP) is 3.68. The number of aromatic hydroxyl groups is 1. The van der Waals surface area contributed by atoms with Crippen LogP contribution in [-0.2, 0) is 6.54 Å². The number of rotatable bonds is 2. The standard InChI is InChI=1S/C17H17NO2/c1-11(2)12-3-5-14(6-4-12)18-10-13-9-15(19)7-8-16(13)17(18)20/h3-9,11,19H,10H2,1-2H3. The molecule has 0 saturated carbocycles. The van der Waals surface area contributed by atoms with Gasteiger partial charge in [0.25, 0.3) is 5.91 Å². The molecule has 1 amide bonds. The highest BCUT2D eigenvalue weighted by molar-refractivity contribution is 6.10. The maximum atomic E-state index is 12.4. The molecule has 1 heterocycles. The largest absolute Gasteiger partial charge is 0.508 e. The molecular weight excluding hydrogens is 250 g/mol. The number of anilines is 1. The van der Waals surface area contributed by atoms with E-state index in [0.717, 1.165) is 11.3 Å². The fraction of sp³-hybridized carbons (Fsp3) is 0.235. The second-order valence-corrected chi connectivity index (χ2v) is 5.48. The number of amides is 1. The molecule has 0 aromatic heterocycles. The number of hydrogen-bond donors (Lipinski definition) is 1. The average Bonchev–Trinajstić information content (AvgIpc) is 2.75. The molecule has 0 fully saturated rings. The van der Waals surface area contributed by atoms with Gasteiger partial charge in [0.15, 0.2) is 0 Å². The van der Waals surface area contributed by atoms with E-state index < -0.39 is 0 Å². The van der Waals surface area contributed by atoms with E-state index in [0.29, 0.717) is 18.0 Å². The Balaban J connectivity index is 1.92. The van der Waals surface area contributed by atoms with Crippen LogP contribution < -0.4 is 4.90 Å². The van der Waals surface area contributed by atoms with Crippen LogP contribution in [-0.4, -0.2) is 11.0 Å². The van der Waals surface area contributed by atoms with Crippen molar-refractivity contribution in [1.29, 1.82) is 0 Å². The summed E-state index contributed by atoms with van der Waals surface area (Å²) < 4.78 is 0. The minimum atomic E-state index is -0.00250. The van der Waals surface area contributed by atoms with E-state index in [1.165, 1.54) is 5.56 Å². The van der Waals surface area contributed by atoms with E-state index in [1.54, 1.807) is 23.1 Å². The SMILES string of the molecule is CC(C)c1ccc(N2Cc3cc(O)ccc3C2=O)cc1. The van der Waals surface area contributed by atoms with Gasteiger partial charge < -0.3 is 10.0 Å². The molecule has 0 aliphatic carbocycles. The van der Waals surface area contributed by atoms with Crippen molar-refractivity contribution in [2.45, 2.75) is 26.3 Å². The molecule has 0 radical (unpaired) electrons. The highest BCUT2D eigenvalue weighted by Gasteiger charge is 2.28. The van der Waals surface area contributed by atoms with Crippen LogP contribution >= 0.6 is 0 Å². The van der Waals surface area contributed by atoms with Gasteiger partial charge in [0.2, 0.25) is 0 Å². The molecule has 1 N–H and O–H groups in total. The summed E-state index contributed by atoms with van der Waals surface area (Å²) in [6.45, 7) is 4.81. The third kappa shape index (κ3) is 2.05. The molecule has 102 valence electrons. The van der Waals surface area contributed by atoms with E-state index in [-0.39, 0.29) is 11.7 Å². The normalized spacial score (nSPS) is 13.9. The first kappa shape index (κ1) is 12.7. The van der Waals surface area contributed by atoms with Gasteiger partial charge in [-0.25, -0.2) is 0 Å². The quantitative estimate of drug-likeness (QED) is 0.901. The Bertz CT molecular complexity index is 659. The lowest BCUT2D eigenvalue weighted by atomic mass is 10.0. The van der Waals surface area contributed by atoms with Crippen molar-refractivity contribution < 1.29 is 9.90 Å². The zero-order valence-corrected chi connectivity index (χ0v) is 11.6. The van der Waals surface area contributed by atoms with Crippen LogP contribution in [0.5, 0.6) is 5.75 Å². The first-order valence-corrected chi connectivity index (χ1v) is 6.80. The van der Waals surface area contributed by atoms with Crippen LogP contribution in [0.15, 0.2) is 42.5 Å². The van der Waals surface area contributed by atoms with E-state index in [9.17, 15) is 9.90 Å². The third-order valence-electron chi connectivity index (χ3n) is 3.76. The summed E-state index contributed by atoms with van der Waals surface area (Å²) in [5.74, 6) is 0.679. The molecule has 0 bridgehead atoms. The summed E-state index contributed by atoms with van der Waals surface area (Å²) in [7, 11) is 0. The minimum Gasteiger partial charge on any atom is -0.508 e. The summed E-state index contributed by atoms with van der Waals surface area (Å²) in [5, 5.41) is 9.51. The van der Waals surface area contributed by atoms with Gasteiger partial charge in [0.05, 0.1) is 6.54 Å². The molecule has 0 unspecified atom stereocenters. The molecule has 2 aromatic carbocycles. The number of phenolic OH excluding ortho intramolecular Hbond substituents is 1. The van der Waals surface area contributed by atoms with Crippen molar-refractivity contribution in [2.75, 3.05) is 4.90 Å². The number of benzene rings is 2. The first-order chi connectivity index (χ1) is 9.56. The first-order valence-electron chi connectivity index (χ1n) is 6.80. The number of phenols is 1. The molecule has 3 rings (SSSR count). The van der Waals surface area contributed by atoms with Gasteiger partial charge in [-0.15, -0.1) is 0 Å². The Morgan fingerprint density at radius 3 is 2.45 bits per heavy atom. The Morgan fingerprint density at radius 2 is 1.80 bits per heavy atom. The van der Waals surface area contributed by atoms with Gasteiger partial charge in [0, 0.05) is 11.3 Å². The van der Waals surface area contributed by atoms with Crippen LogP contribution in [0.2, 0.25) is 0 Å². The minimum absolute atomic E-state index is 0.00250. The summed E-state index contributed by atoms with van der Waals surface area (Å²) in [6, 6.07) is 13.0. The summed E-state index contributed by atoms with van der Waals surface area (Å²) in [6.07, 6.45) is 0. The second-order valence-electron chi connectivity index (χ2n) is 5.48. The molecule has 0 saturated heterocycles. The van der Waals surface area contributed by atoms with Crippen LogP contribution in [0.4, 0.5) is 5.69 Å². The van der Waals surface area contributed by atoms with Gasteiger partial charge in [-0.3, -0.25) is 4.79 Å². The molecule has 20 heavy (non-hydrogen) atoms. The highest BCUT2D eigenvalue weighted by Crippen LogP contribution is 2.31. The smallest absolute Gasteiger partial charge is 0.258 e. The molecular formula is C17H17NO2. The highest BCUT2D eigenvalue weighted by atomic mass is 16.3. The lowest BCUT2D eigenvalue weighted by Gasteiger charge is -2.16. The van der Waals surface area contributed by atoms with E-state index in [4.69, 9.17) is 0 Å². The lowest BCUT2D eigenvalue weighted by Crippen LogP contribution is -2.22. The van der Waals surface area contributed by atoms with Gasteiger partial charge >= 0.3 is 0 Å². The number of nitrogens with zero attached hydrogens (tertiary/aromatic N) is 1. The van der Waals surface area contributed by atoms with Crippen molar-refractivity contribution in [3.63, 3.8) is 0 Å². The topological polar surface area (TPSA) is 40.5 Å². The van der Waals surface area contributed by atoms with E-state index in [2.05, 4.69) is 26.0 Å². The molecule has 1 aliphatic heterocycles. The zero-order valence-electron chi connectivity index (χ0n) is 11.6. The Hall–Kier alpha value is -2.29. The molecule has 3 heteroatoms. The predicted molar refractivity (Wildman–Crippen MR) is 79.2 cm³/mol. The summed E-state index contributed by atoms with van der Waals surface area (Å²) >= 11 is 0. The molecule has 3 nitrogen and oxygen atoms in total.